The van der Waals surface area contributed by atoms with Crippen LogP contribution in [0.2, 0.25) is 0 Å². The van der Waals surface area contributed by atoms with Crippen LogP contribution in [-0.4, -0.2) is 34.0 Å². The zero-order valence-corrected chi connectivity index (χ0v) is 14.9. The van der Waals surface area contributed by atoms with Crippen molar-refractivity contribution in [3.8, 4) is 6.07 Å². The van der Waals surface area contributed by atoms with E-state index < -0.39 is 0 Å². The highest BCUT2D eigenvalue weighted by molar-refractivity contribution is 5.53. The molecule has 1 N–H and O–H groups in total. The van der Waals surface area contributed by atoms with Gasteiger partial charge in [-0.1, -0.05) is 19.9 Å². The molecule has 2 aromatic rings. The van der Waals surface area contributed by atoms with Crippen molar-refractivity contribution >= 4 is 5.82 Å². The lowest BCUT2D eigenvalue weighted by molar-refractivity contribution is 0.208. The Kier molecular flexibility index (Phi) is 5.62. The third-order valence-electron chi connectivity index (χ3n) is 4.60. The molecule has 1 aliphatic heterocycles. The number of aromatic nitrogens is 2. The largest absolute Gasteiger partial charge is 0.365 e. The molecule has 1 atom stereocenters. The average Bonchev–Trinajstić information content (AvgIpc) is 2.63. The standard InChI is InChI=1S/C20H25N5/c1-15(2)19-8-7-17(11-21)20(24-19)23-18-6-4-10-25(14-18)13-16-5-3-9-22-12-16/h3,5,7-9,12,15,18H,4,6,10,13-14H2,1-2H3,(H,23,24)/t18-/m0/s1. The summed E-state index contributed by atoms with van der Waals surface area (Å²) >= 11 is 0. The van der Waals surface area contributed by atoms with Crippen LogP contribution in [0.5, 0.6) is 0 Å². The lowest BCUT2D eigenvalue weighted by atomic mass is 10.0. The highest BCUT2D eigenvalue weighted by Crippen LogP contribution is 2.22. The first-order valence-corrected chi connectivity index (χ1v) is 8.94. The van der Waals surface area contributed by atoms with Crippen LogP contribution in [0.3, 0.4) is 0 Å². The van der Waals surface area contributed by atoms with Crippen molar-refractivity contribution in [3.05, 3.63) is 53.5 Å². The number of hydrogen-bond acceptors (Lipinski definition) is 5. The van der Waals surface area contributed by atoms with Crippen LogP contribution in [0.15, 0.2) is 36.7 Å². The first-order chi connectivity index (χ1) is 12.2. The van der Waals surface area contributed by atoms with E-state index in [4.69, 9.17) is 0 Å². The van der Waals surface area contributed by atoms with Gasteiger partial charge in [-0.3, -0.25) is 9.88 Å². The summed E-state index contributed by atoms with van der Waals surface area (Å²) in [5, 5.41) is 12.9. The zero-order chi connectivity index (χ0) is 17.6. The maximum Gasteiger partial charge on any atom is 0.144 e. The predicted octanol–water partition coefficient (Wildman–Crippen LogP) is 3.55. The Balaban J connectivity index is 1.68. The van der Waals surface area contributed by atoms with Crippen molar-refractivity contribution < 1.29 is 0 Å². The van der Waals surface area contributed by atoms with Gasteiger partial charge in [0.05, 0.1) is 5.56 Å². The van der Waals surface area contributed by atoms with Crippen LogP contribution in [0.25, 0.3) is 0 Å². The molecule has 5 nitrogen and oxygen atoms in total. The Labute approximate surface area is 149 Å². The number of anilines is 1. The topological polar surface area (TPSA) is 64.8 Å². The number of rotatable bonds is 5. The molecular formula is C20H25N5. The SMILES string of the molecule is CC(C)c1ccc(C#N)c(N[C@H]2CCCN(Cc3cccnc3)C2)n1. The van der Waals surface area contributed by atoms with Crippen molar-refractivity contribution in [2.45, 2.75) is 45.2 Å². The number of piperidine rings is 1. The second-order valence-electron chi connectivity index (χ2n) is 6.98. The van der Waals surface area contributed by atoms with Gasteiger partial charge < -0.3 is 5.32 Å². The smallest absolute Gasteiger partial charge is 0.144 e. The molecule has 0 aliphatic carbocycles. The lowest BCUT2D eigenvalue weighted by Crippen LogP contribution is -2.41. The molecule has 3 heterocycles. The molecule has 0 amide bonds. The van der Waals surface area contributed by atoms with Gasteiger partial charge in [-0.2, -0.15) is 5.26 Å². The Morgan fingerprint density at radius 3 is 2.96 bits per heavy atom. The van der Waals surface area contributed by atoms with E-state index in [0.29, 0.717) is 17.5 Å². The molecule has 5 heteroatoms. The van der Waals surface area contributed by atoms with E-state index in [2.05, 4.69) is 46.2 Å². The normalized spacial score (nSPS) is 18.1. The lowest BCUT2D eigenvalue weighted by Gasteiger charge is -2.33. The fourth-order valence-electron chi connectivity index (χ4n) is 3.26. The van der Waals surface area contributed by atoms with Gasteiger partial charge in [0.15, 0.2) is 0 Å². The van der Waals surface area contributed by atoms with Crippen molar-refractivity contribution in [3.63, 3.8) is 0 Å². The van der Waals surface area contributed by atoms with Crippen LogP contribution >= 0.6 is 0 Å². The molecule has 0 radical (unpaired) electrons. The monoisotopic (exact) mass is 335 g/mol. The molecular weight excluding hydrogens is 310 g/mol. The van der Waals surface area contributed by atoms with Crippen LogP contribution in [0.1, 0.15) is 49.4 Å². The first-order valence-electron chi connectivity index (χ1n) is 8.94. The maximum absolute atomic E-state index is 9.38. The number of pyridine rings is 2. The van der Waals surface area contributed by atoms with Gasteiger partial charge in [-0.05, 0) is 49.1 Å². The second kappa shape index (κ2) is 8.09. The Bertz CT molecular complexity index is 735. The van der Waals surface area contributed by atoms with Crippen molar-refractivity contribution in [1.82, 2.24) is 14.9 Å². The maximum atomic E-state index is 9.38. The van der Waals surface area contributed by atoms with Crippen molar-refractivity contribution in [1.29, 1.82) is 5.26 Å². The summed E-state index contributed by atoms with van der Waals surface area (Å²) in [4.78, 5) is 11.3. The minimum absolute atomic E-state index is 0.312. The summed E-state index contributed by atoms with van der Waals surface area (Å²) in [6.07, 6.45) is 5.98. The molecule has 0 saturated carbocycles. The summed E-state index contributed by atoms with van der Waals surface area (Å²) < 4.78 is 0. The number of nitrogens with one attached hydrogen (secondary N) is 1. The summed E-state index contributed by atoms with van der Waals surface area (Å²) in [6.45, 7) is 7.20. The number of likely N-dealkylation sites (tertiary alicyclic amines) is 1. The second-order valence-corrected chi connectivity index (χ2v) is 6.98. The molecule has 0 bridgehead atoms. The number of hydrogen-bond donors (Lipinski definition) is 1. The highest BCUT2D eigenvalue weighted by atomic mass is 15.2. The van der Waals surface area contributed by atoms with E-state index in [0.717, 1.165) is 44.0 Å². The fraction of sp³-hybridized carbons (Fsp3) is 0.450. The van der Waals surface area contributed by atoms with E-state index in [-0.39, 0.29) is 0 Å². The third-order valence-corrected chi connectivity index (χ3v) is 4.60. The molecule has 1 fully saturated rings. The molecule has 1 saturated heterocycles. The molecule has 130 valence electrons. The van der Waals surface area contributed by atoms with E-state index >= 15 is 0 Å². The predicted molar refractivity (Wildman–Crippen MR) is 99.2 cm³/mol. The molecule has 2 aromatic heterocycles. The number of nitrogens with zero attached hydrogens (tertiary/aromatic N) is 4. The van der Waals surface area contributed by atoms with Crippen LogP contribution in [-0.2, 0) is 6.54 Å². The zero-order valence-electron chi connectivity index (χ0n) is 14.9. The Hall–Kier alpha value is -2.45. The van der Waals surface area contributed by atoms with Gasteiger partial charge in [0, 0.05) is 37.2 Å². The van der Waals surface area contributed by atoms with E-state index in [1.54, 1.807) is 6.20 Å². The summed E-state index contributed by atoms with van der Waals surface area (Å²) in [7, 11) is 0. The van der Waals surface area contributed by atoms with E-state index in [1.807, 2.05) is 24.4 Å². The number of nitriles is 1. The minimum Gasteiger partial charge on any atom is -0.365 e. The Morgan fingerprint density at radius 1 is 1.36 bits per heavy atom. The van der Waals surface area contributed by atoms with E-state index in [9.17, 15) is 5.26 Å². The van der Waals surface area contributed by atoms with Gasteiger partial charge >= 0.3 is 0 Å². The third kappa shape index (κ3) is 4.55. The van der Waals surface area contributed by atoms with Gasteiger partial charge in [0.2, 0.25) is 0 Å². The van der Waals surface area contributed by atoms with Crippen LogP contribution < -0.4 is 5.32 Å². The molecule has 1 aliphatic rings. The molecule has 0 aromatic carbocycles. The molecule has 25 heavy (non-hydrogen) atoms. The molecule has 3 rings (SSSR count). The average molecular weight is 335 g/mol. The van der Waals surface area contributed by atoms with Crippen molar-refractivity contribution in [2.75, 3.05) is 18.4 Å². The van der Waals surface area contributed by atoms with E-state index in [1.165, 1.54) is 5.56 Å². The van der Waals surface area contributed by atoms with Crippen LogP contribution in [0.4, 0.5) is 5.82 Å². The summed E-state index contributed by atoms with van der Waals surface area (Å²) in [5.41, 5.74) is 2.87. The summed E-state index contributed by atoms with van der Waals surface area (Å²) in [6, 6.07) is 10.5. The Morgan fingerprint density at radius 2 is 2.24 bits per heavy atom. The molecule has 0 unspecified atom stereocenters. The van der Waals surface area contributed by atoms with Crippen molar-refractivity contribution in [2.24, 2.45) is 0 Å². The quantitative estimate of drug-likeness (QED) is 0.905. The minimum atomic E-state index is 0.312. The molecule has 0 spiro atoms. The fourth-order valence-corrected chi connectivity index (χ4v) is 3.26. The highest BCUT2D eigenvalue weighted by Gasteiger charge is 2.21. The summed E-state index contributed by atoms with van der Waals surface area (Å²) in [5.74, 6) is 1.07. The van der Waals surface area contributed by atoms with Gasteiger partial charge in [-0.25, -0.2) is 4.98 Å². The van der Waals surface area contributed by atoms with Crippen LogP contribution in [0, 0.1) is 11.3 Å². The first kappa shape index (κ1) is 17.4. The van der Waals surface area contributed by atoms with Gasteiger partial charge in [0.1, 0.15) is 11.9 Å². The van der Waals surface area contributed by atoms with Gasteiger partial charge in [0.25, 0.3) is 0 Å². The van der Waals surface area contributed by atoms with Gasteiger partial charge in [-0.15, -0.1) is 0 Å².